The number of benzene rings is 2. The van der Waals surface area contributed by atoms with Gasteiger partial charge in [0.15, 0.2) is 9.84 Å². The molecule has 0 bridgehead atoms. The van der Waals surface area contributed by atoms with Crippen molar-refractivity contribution in [3.05, 3.63) is 59.2 Å². The van der Waals surface area contributed by atoms with Crippen LogP contribution in [0.5, 0.6) is 5.75 Å². The van der Waals surface area contributed by atoms with E-state index in [2.05, 4.69) is 12.1 Å². The molecule has 2 aliphatic heterocycles. The second-order valence-corrected chi connectivity index (χ2v) is 9.72. The van der Waals surface area contributed by atoms with Crippen molar-refractivity contribution < 1.29 is 22.7 Å². The van der Waals surface area contributed by atoms with Crippen LogP contribution < -0.4 is 4.74 Å². The number of likely N-dealkylation sites (tertiary alicyclic amines) is 1. The fraction of sp³-hybridized carbons (Fsp3) is 0.409. The largest absolute Gasteiger partial charge is 0.497 e. The van der Waals surface area contributed by atoms with Gasteiger partial charge in [-0.05, 0) is 60.7 Å². The van der Waals surface area contributed by atoms with Crippen molar-refractivity contribution >= 4 is 15.7 Å². The van der Waals surface area contributed by atoms with Gasteiger partial charge in [-0.3, -0.25) is 4.79 Å². The topological polar surface area (TPSA) is 72.9 Å². The number of carbonyl (C=O) groups is 1. The van der Waals surface area contributed by atoms with Crippen molar-refractivity contribution in [2.45, 2.75) is 29.8 Å². The molecule has 1 spiro atoms. The van der Waals surface area contributed by atoms with E-state index in [9.17, 15) is 13.2 Å². The van der Waals surface area contributed by atoms with Crippen molar-refractivity contribution in [1.29, 1.82) is 0 Å². The highest BCUT2D eigenvalue weighted by atomic mass is 32.2. The molecule has 2 aliphatic rings. The van der Waals surface area contributed by atoms with Crippen molar-refractivity contribution in [3.8, 4) is 5.75 Å². The first kappa shape index (κ1) is 19.9. The third kappa shape index (κ3) is 3.76. The Hall–Kier alpha value is -2.38. The van der Waals surface area contributed by atoms with Gasteiger partial charge in [-0.1, -0.05) is 12.1 Å². The van der Waals surface area contributed by atoms with Gasteiger partial charge in [0.2, 0.25) is 0 Å². The maximum atomic E-state index is 13.0. The second kappa shape index (κ2) is 7.46. The van der Waals surface area contributed by atoms with Crippen LogP contribution in [0.1, 0.15) is 34.3 Å². The quantitative estimate of drug-likeness (QED) is 0.771. The lowest BCUT2D eigenvalue weighted by atomic mass is 9.79. The molecular weight excluding hydrogens is 390 g/mol. The summed E-state index contributed by atoms with van der Waals surface area (Å²) in [6.45, 7) is 1.78. The Labute approximate surface area is 171 Å². The number of methoxy groups -OCH3 is 1. The predicted octanol–water partition coefficient (Wildman–Crippen LogP) is 2.80. The Balaban J connectivity index is 1.53. The minimum absolute atomic E-state index is 0.142. The summed E-state index contributed by atoms with van der Waals surface area (Å²) >= 11 is 0. The zero-order valence-corrected chi connectivity index (χ0v) is 17.5. The average Bonchev–Trinajstić information content (AvgIpc) is 2.73. The molecule has 0 aliphatic carbocycles. The third-order valence-corrected chi connectivity index (χ3v) is 7.03. The number of sulfone groups is 1. The SMILES string of the molecule is COc1ccc2c(c1)CCOC21CCN(C(=O)c2cccc(S(C)(=O)=O)c2)CC1. The molecule has 0 saturated carbocycles. The molecule has 0 radical (unpaired) electrons. The Morgan fingerprint density at radius 1 is 1.14 bits per heavy atom. The third-order valence-electron chi connectivity index (χ3n) is 5.92. The monoisotopic (exact) mass is 415 g/mol. The molecule has 0 N–H and O–H groups in total. The first-order valence-corrected chi connectivity index (χ1v) is 11.6. The second-order valence-electron chi connectivity index (χ2n) is 7.71. The van der Waals surface area contributed by atoms with E-state index in [-0.39, 0.29) is 16.4 Å². The molecule has 6 nitrogen and oxygen atoms in total. The van der Waals surface area contributed by atoms with Gasteiger partial charge in [0, 0.05) is 24.9 Å². The summed E-state index contributed by atoms with van der Waals surface area (Å²) in [5.74, 6) is 0.704. The molecule has 2 heterocycles. The van der Waals surface area contributed by atoms with Gasteiger partial charge in [-0.15, -0.1) is 0 Å². The Bertz CT molecular complexity index is 1040. The Kier molecular flexibility index (Phi) is 5.12. The summed E-state index contributed by atoms with van der Waals surface area (Å²) in [6.07, 6.45) is 3.43. The lowest BCUT2D eigenvalue weighted by Crippen LogP contribution is -2.48. The maximum absolute atomic E-state index is 13.0. The number of hydrogen-bond acceptors (Lipinski definition) is 5. The van der Waals surface area contributed by atoms with Crippen molar-refractivity contribution in [1.82, 2.24) is 4.90 Å². The maximum Gasteiger partial charge on any atom is 0.253 e. The van der Waals surface area contributed by atoms with Crippen LogP contribution in [0.25, 0.3) is 0 Å². The van der Waals surface area contributed by atoms with Crippen molar-refractivity contribution in [2.75, 3.05) is 33.1 Å². The summed E-state index contributed by atoms with van der Waals surface area (Å²) in [6, 6.07) is 12.4. The molecule has 2 aromatic rings. The van der Waals surface area contributed by atoms with Crippen LogP contribution in [-0.4, -0.2) is 52.3 Å². The van der Waals surface area contributed by atoms with Crippen LogP contribution in [-0.2, 0) is 26.6 Å². The fourth-order valence-corrected chi connectivity index (χ4v) is 4.98. The van der Waals surface area contributed by atoms with Gasteiger partial charge in [0.25, 0.3) is 5.91 Å². The van der Waals surface area contributed by atoms with Crippen LogP contribution in [0.2, 0.25) is 0 Å². The highest BCUT2D eigenvalue weighted by Crippen LogP contribution is 2.42. The number of hydrogen-bond donors (Lipinski definition) is 0. The molecule has 7 heteroatoms. The van der Waals surface area contributed by atoms with Crippen LogP contribution in [0.4, 0.5) is 0 Å². The normalized spacial score (nSPS) is 18.3. The number of ether oxygens (including phenoxy) is 2. The van der Waals surface area contributed by atoms with E-state index in [1.54, 1.807) is 24.1 Å². The smallest absolute Gasteiger partial charge is 0.253 e. The van der Waals surface area contributed by atoms with E-state index in [4.69, 9.17) is 9.47 Å². The molecule has 0 aromatic heterocycles. The highest BCUT2D eigenvalue weighted by Gasteiger charge is 2.41. The minimum atomic E-state index is -3.35. The van der Waals surface area contributed by atoms with Crippen molar-refractivity contribution in [3.63, 3.8) is 0 Å². The van der Waals surface area contributed by atoms with Gasteiger partial charge in [0.05, 0.1) is 24.2 Å². The molecular formula is C22H25NO5S. The van der Waals surface area contributed by atoms with E-state index in [0.29, 0.717) is 38.1 Å². The number of piperidine rings is 1. The summed E-state index contributed by atoms with van der Waals surface area (Å²) in [4.78, 5) is 14.9. The lowest BCUT2D eigenvalue weighted by Gasteiger charge is -2.45. The number of amides is 1. The van der Waals surface area contributed by atoms with Crippen LogP contribution in [0.15, 0.2) is 47.4 Å². The summed E-state index contributed by atoms with van der Waals surface area (Å²) in [5.41, 5.74) is 2.47. The predicted molar refractivity (Wildman–Crippen MR) is 109 cm³/mol. The van der Waals surface area contributed by atoms with Crippen LogP contribution in [0, 0.1) is 0 Å². The first-order valence-electron chi connectivity index (χ1n) is 9.73. The van der Waals surface area contributed by atoms with Gasteiger partial charge >= 0.3 is 0 Å². The molecule has 154 valence electrons. The average molecular weight is 416 g/mol. The van der Waals surface area contributed by atoms with E-state index >= 15 is 0 Å². The molecule has 1 amide bonds. The molecule has 0 unspecified atom stereocenters. The van der Waals surface area contributed by atoms with E-state index in [1.165, 1.54) is 23.3 Å². The summed E-state index contributed by atoms with van der Waals surface area (Å²) in [7, 11) is -1.69. The molecule has 29 heavy (non-hydrogen) atoms. The number of rotatable bonds is 3. The minimum Gasteiger partial charge on any atom is -0.497 e. The highest BCUT2D eigenvalue weighted by molar-refractivity contribution is 7.90. The van der Waals surface area contributed by atoms with E-state index in [0.717, 1.165) is 18.4 Å². The summed E-state index contributed by atoms with van der Waals surface area (Å²) < 4.78 is 35.2. The molecule has 1 fully saturated rings. The van der Waals surface area contributed by atoms with E-state index < -0.39 is 9.84 Å². The molecule has 0 atom stereocenters. The zero-order chi connectivity index (χ0) is 20.6. The van der Waals surface area contributed by atoms with Gasteiger partial charge in [-0.2, -0.15) is 0 Å². The number of nitrogens with zero attached hydrogens (tertiary/aromatic N) is 1. The van der Waals surface area contributed by atoms with Gasteiger partial charge in [-0.25, -0.2) is 8.42 Å². The molecule has 1 saturated heterocycles. The standard InChI is InChI=1S/C22H25NO5S/c1-27-18-6-7-20-16(14-18)8-13-28-22(20)9-11-23(12-10-22)21(24)17-4-3-5-19(15-17)29(2,25)26/h3-7,14-15H,8-13H2,1-2H3. The summed E-state index contributed by atoms with van der Waals surface area (Å²) in [5, 5.41) is 0. The zero-order valence-electron chi connectivity index (χ0n) is 16.7. The number of fused-ring (bicyclic) bond motifs is 2. The molecule has 2 aromatic carbocycles. The van der Waals surface area contributed by atoms with Crippen molar-refractivity contribution in [2.24, 2.45) is 0 Å². The first-order chi connectivity index (χ1) is 13.8. The van der Waals surface area contributed by atoms with E-state index in [1.807, 2.05) is 6.07 Å². The number of carbonyl (C=O) groups excluding carboxylic acids is 1. The Morgan fingerprint density at radius 3 is 2.59 bits per heavy atom. The van der Waals surface area contributed by atoms with Gasteiger partial charge in [0.1, 0.15) is 5.75 Å². The lowest BCUT2D eigenvalue weighted by molar-refractivity contribution is -0.0935. The Morgan fingerprint density at radius 2 is 1.90 bits per heavy atom. The van der Waals surface area contributed by atoms with Crippen LogP contribution in [0.3, 0.4) is 0 Å². The molecule has 4 rings (SSSR count). The van der Waals surface area contributed by atoms with Crippen LogP contribution >= 0.6 is 0 Å². The van der Waals surface area contributed by atoms with Gasteiger partial charge < -0.3 is 14.4 Å². The fourth-order valence-electron chi connectivity index (χ4n) is 4.31.